The number of amides is 2. The first kappa shape index (κ1) is 31.4. The van der Waals surface area contributed by atoms with E-state index in [4.69, 9.17) is 0 Å². The summed E-state index contributed by atoms with van der Waals surface area (Å²) in [7, 11) is -4.11. The Balaban J connectivity index is 2.05. The van der Waals surface area contributed by atoms with E-state index < -0.39 is 28.5 Å². The van der Waals surface area contributed by atoms with Gasteiger partial charge in [0.25, 0.3) is 10.0 Å². The van der Waals surface area contributed by atoms with Crippen molar-refractivity contribution in [1.82, 2.24) is 10.2 Å². The normalized spacial score (nSPS) is 12.8. The number of hydrogen-bond donors (Lipinski definition) is 1. The lowest BCUT2D eigenvalue weighted by Gasteiger charge is -2.33. The Morgan fingerprint density at radius 2 is 1.50 bits per heavy atom. The van der Waals surface area contributed by atoms with Crippen molar-refractivity contribution in [1.29, 1.82) is 0 Å². The van der Waals surface area contributed by atoms with Crippen molar-refractivity contribution < 1.29 is 18.0 Å². The van der Waals surface area contributed by atoms with Crippen LogP contribution in [0.3, 0.4) is 0 Å². The molecule has 0 aliphatic rings. The first-order valence-electron chi connectivity index (χ1n) is 13.5. The Hall–Kier alpha value is -3.17. The molecule has 0 saturated heterocycles. The number of benzene rings is 3. The van der Waals surface area contributed by atoms with Gasteiger partial charge in [-0.1, -0.05) is 83.4 Å². The molecule has 3 rings (SSSR count). The van der Waals surface area contributed by atoms with E-state index >= 15 is 0 Å². The number of halogens is 1. The van der Waals surface area contributed by atoms with E-state index in [-0.39, 0.29) is 23.4 Å². The van der Waals surface area contributed by atoms with Crippen molar-refractivity contribution in [3.8, 4) is 0 Å². The second kappa shape index (κ2) is 13.9. The molecule has 40 heavy (non-hydrogen) atoms. The smallest absolute Gasteiger partial charge is 0.264 e. The van der Waals surface area contributed by atoms with Gasteiger partial charge in [0.2, 0.25) is 11.8 Å². The molecule has 0 unspecified atom stereocenters. The maximum absolute atomic E-state index is 14.1. The fourth-order valence-electron chi connectivity index (χ4n) is 4.25. The predicted octanol–water partition coefficient (Wildman–Crippen LogP) is 5.98. The number of carbonyl (C=O) groups is 2. The van der Waals surface area contributed by atoms with Crippen LogP contribution in [0.4, 0.5) is 5.69 Å². The maximum Gasteiger partial charge on any atom is 0.264 e. The highest BCUT2D eigenvalue weighted by Crippen LogP contribution is 2.27. The number of sulfonamides is 1. The van der Waals surface area contributed by atoms with Crippen molar-refractivity contribution >= 4 is 43.5 Å². The lowest BCUT2D eigenvalue weighted by Crippen LogP contribution is -2.53. The monoisotopic (exact) mass is 627 g/mol. The Morgan fingerprint density at radius 1 is 0.900 bits per heavy atom. The molecule has 0 bridgehead atoms. The van der Waals surface area contributed by atoms with Crippen LogP contribution in [0.1, 0.15) is 50.3 Å². The van der Waals surface area contributed by atoms with Crippen molar-refractivity contribution in [2.45, 2.75) is 71.0 Å². The molecule has 0 aliphatic carbocycles. The maximum atomic E-state index is 14.1. The average molecular weight is 629 g/mol. The fourth-order valence-corrected chi connectivity index (χ4v) is 6.04. The van der Waals surface area contributed by atoms with E-state index in [0.29, 0.717) is 16.6 Å². The summed E-state index contributed by atoms with van der Waals surface area (Å²) < 4.78 is 29.7. The molecule has 0 saturated carbocycles. The molecule has 0 aliphatic heterocycles. The quantitative estimate of drug-likeness (QED) is 0.267. The number of anilines is 1. The van der Waals surface area contributed by atoms with Gasteiger partial charge in [0.15, 0.2) is 0 Å². The number of aryl methyl sites for hydroxylation is 2. The number of hydrogen-bond acceptors (Lipinski definition) is 4. The van der Waals surface area contributed by atoms with Gasteiger partial charge in [-0.2, -0.15) is 0 Å². The Labute approximate surface area is 246 Å². The molecule has 1 N–H and O–H groups in total. The summed E-state index contributed by atoms with van der Waals surface area (Å²) in [6, 6.07) is 20.3. The Morgan fingerprint density at radius 3 is 2.05 bits per heavy atom. The molecule has 214 valence electrons. The van der Waals surface area contributed by atoms with E-state index in [0.717, 1.165) is 27.4 Å². The molecule has 0 spiro atoms. The highest BCUT2D eigenvalue weighted by Gasteiger charge is 2.34. The zero-order valence-corrected chi connectivity index (χ0v) is 26.1. The van der Waals surface area contributed by atoms with E-state index in [2.05, 4.69) is 21.2 Å². The second-order valence-electron chi connectivity index (χ2n) is 10.1. The lowest BCUT2D eigenvalue weighted by molar-refractivity contribution is -0.140. The highest BCUT2D eigenvalue weighted by atomic mass is 79.9. The van der Waals surface area contributed by atoms with Gasteiger partial charge < -0.3 is 10.2 Å². The molecule has 0 aromatic heterocycles. The van der Waals surface area contributed by atoms with Crippen LogP contribution in [0.5, 0.6) is 0 Å². The van der Waals surface area contributed by atoms with E-state index in [9.17, 15) is 18.0 Å². The van der Waals surface area contributed by atoms with Gasteiger partial charge in [-0.05, 0) is 69.5 Å². The summed E-state index contributed by atoms with van der Waals surface area (Å²) in [6.45, 7) is 9.31. The first-order chi connectivity index (χ1) is 19.0. The minimum Gasteiger partial charge on any atom is -0.352 e. The first-order valence-corrected chi connectivity index (χ1v) is 15.7. The zero-order valence-electron chi connectivity index (χ0n) is 23.7. The van der Waals surface area contributed by atoms with Crippen LogP contribution in [0.15, 0.2) is 82.2 Å². The lowest BCUT2D eigenvalue weighted by atomic mass is 10.1. The summed E-state index contributed by atoms with van der Waals surface area (Å²) in [6.07, 6.45) is 1.13. The van der Waals surface area contributed by atoms with Gasteiger partial charge in [-0.25, -0.2) is 8.42 Å². The topological polar surface area (TPSA) is 86.8 Å². The third kappa shape index (κ3) is 7.95. The second-order valence-corrected chi connectivity index (χ2v) is 12.8. The molecule has 7 nitrogen and oxygen atoms in total. The number of nitrogens with zero attached hydrogens (tertiary/aromatic N) is 2. The van der Waals surface area contributed by atoms with E-state index in [1.54, 1.807) is 48.5 Å². The summed E-state index contributed by atoms with van der Waals surface area (Å²) in [4.78, 5) is 29.0. The molecule has 0 fully saturated rings. The minimum absolute atomic E-state index is 0.0574. The molecular formula is C31H38BrN3O4S. The van der Waals surface area contributed by atoms with Gasteiger partial charge >= 0.3 is 0 Å². The van der Waals surface area contributed by atoms with Crippen molar-refractivity contribution in [3.05, 3.63) is 94.0 Å². The summed E-state index contributed by atoms with van der Waals surface area (Å²) in [5.74, 6) is -0.727. The fraction of sp³-hybridized carbons (Fsp3) is 0.355. The average Bonchev–Trinajstić information content (AvgIpc) is 2.92. The third-order valence-corrected chi connectivity index (χ3v) is 9.13. The van der Waals surface area contributed by atoms with Crippen LogP contribution in [-0.4, -0.2) is 43.8 Å². The molecule has 9 heteroatoms. The van der Waals surface area contributed by atoms with Crippen LogP contribution < -0.4 is 9.62 Å². The number of rotatable bonds is 12. The standard InChI is InChI=1S/C31H38BrN3O4S/c1-6-24(5)33-31(37)29(7-2)34(20-25-15-11-22(3)12-16-25)30(36)21-35(27-10-8-9-26(32)19-27)40(38,39)28-17-13-23(4)14-18-28/h8-19,24,29H,6-7,20-21H2,1-5H3,(H,33,37)/t24-,29-/m0/s1. The third-order valence-electron chi connectivity index (χ3n) is 6.84. The number of carbonyl (C=O) groups excluding carboxylic acids is 2. The summed E-state index contributed by atoms with van der Waals surface area (Å²) >= 11 is 3.42. The highest BCUT2D eigenvalue weighted by molar-refractivity contribution is 9.10. The Bertz CT molecular complexity index is 1410. The minimum atomic E-state index is -4.11. The van der Waals surface area contributed by atoms with E-state index in [1.165, 1.54) is 4.90 Å². The molecule has 3 aromatic rings. The van der Waals surface area contributed by atoms with Crippen LogP contribution in [0, 0.1) is 13.8 Å². The predicted molar refractivity (Wildman–Crippen MR) is 164 cm³/mol. The summed E-state index contributed by atoms with van der Waals surface area (Å²) in [5, 5.41) is 2.99. The van der Waals surface area contributed by atoms with Gasteiger partial charge in [-0.3, -0.25) is 13.9 Å². The molecule has 2 atom stereocenters. The van der Waals surface area contributed by atoms with Gasteiger partial charge in [0.1, 0.15) is 12.6 Å². The molecule has 0 radical (unpaired) electrons. The van der Waals surface area contributed by atoms with Crippen molar-refractivity contribution in [2.24, 2.45) is 0 Å². The number of nitrogens with one attached hydrogen (secondary N) is 1. The van der Waals surface area contributed by atoms with Crippen LogP contribution >= 0.6 is 15.9 Å². The largest absolute Gasteiger partial charge is 0.352 e. The van der Waals surface area contributed by atoms with Crippen LogP contribution in [-0.2, 0) is 26.2 Å². The van der Waals surface area contributed by atoms with Crippen LogP contribution in [0.2, 0.25) is 0 Å². The van der Waals surface area contributed by atoms with Gasteiger partial charge in [0.05, 0.1) is 10.6 Å². The molecule has 0 heterocycles. The van der Waals surface area contributed by atoms with Gasteiger partial charge in [-0.15, -0.1) is 0 Å². The molecular weight excluding hydrogens is 590 g/mol. The molecule has 2 amide bonds. The van der Waals surface area contributed by atoms with Crippen LogP contribution in [0.25, 0.3) is 0 Å². The molecule has 3 aromatic carbocycles. The Kier molecular flexibility index (Phi) is 10.9. The summed E-state index contributed by atoms with van der Waals surface area (Å²) in [5.41, 5.74) is 3.19. The van der Waals surface area contributed by atoms with E-state index in [1.807, 2.05) is 58.9 Å². The van der Waals surface area contributed by atoms with Crippen molar-refractivity contribution in [3.63, 3.8) is 0 Å². The SMILES string of the molecule is CC[C@H](C)NC(=O)[C@H](CC)N(Cc1ccc(C)cc1)C(=O)CN(c1cccc(Br)c1)S(=O)(=O)c1ccc(C)cc1. The van der Waals surface area contributed by atoms with Crippen molar-refractivity contribution in [2.75, 3.05) is 10.8 Å². The zero-order chi connectivity index (χ0) is 29.4. The van der Waals surface area contributed by atoms with Gasteiger partial charge in [0, 0.05) is 17.1 Å².